The van der Waals surface area contributed by atoms with Crippen LogP contribution in [0.2, 0.25) is 0 Å². The molecule has 0 bridgehead atoms. The van der Waals surface area contributed by atoms with Gasteiger partial charge in [0, 0.05) is 33.6 Å². The maximum Gasteiger partial charge on any atom is 0.303 e. The van der Waals surface area contributed by atoms with Crippen LogP contribution < -0.4 is 0 Å². The normalized spacial score (nSPS) is 43.2. The number of hydrogen-bond acceptors (Lipinski definition) is 11. The number of esters is 4. The summed E-state index contributed by atoms with van der Waals surface area (Å²) in [5.74, 6) is 0.291. The molecule has 0 spiro atoms. The van der Waals surface area contributed by atoms with Crippen LogP contribution in [0, 0.1) is 40.4 Å². The van der Waals surface area contributed by atoms with Crippen molar-refractivity contribution in [2.75, 3.05) is 6.61 Å². The number of fused-ring (bicyclic) bond motifs is 5. The van der Waals surface area contributed by atoms with E-state index in [2.05, 4.69) is 13.8 Å². The van der Waals surface area contributed by atoms with Gasteiger partial charge in [-0.1, -0.05) is 13.8 Å². The lowest BCUT2D eigenvalue weighted by atomic mass is 9.44. The number of carbonyl (C=O) groups excluding carboxylic acids is 5. The van der Waals surface area contributed by atoms with Gasteiger partial charge in [-0.25, -0.2) is 0 Å². The second kappa shape index (κ2) is 13.5. The topological polar surface area (TPSA) is 141 Å². The molecule has 11 nitrogen and oxygen atoms in total. The SMILES string of the molecule is CC(=O)OC[C@H]1O[C@@H](O[C@H]2CC[C@@]3(C)[C@@H](CC[C@@H]4[C@@H]3CC[C@]3(C)[C@@H](C(C)=O)CC[C@@H]43)C2)[C@H](OC(C)=O)[C@@H](OC(C)=O)[C@@H]1OC(C)=O. The van der Waals surface area contributed by atoms with Crippen LogP contribution in [0.15, 0.2) is 0 Å². The number of Topliss-reactive ketones (excluding diaryl/α,β-unsaturated/α-hetero) is 1. The molecule has 0 radical (unpaired) electrons. The van der Waals surface area contributed by atoms with Crippen molar-refractivity contribution in [3.63, 3.8) is 0 Å². The molecule has 0 aromatic carbocycles. The highest BCUT2D eigenvalue weighted by Crippen LogP contribution is 2.67. The maximum absolute atomic E-state index is 12.5. The van der Waals surface area contributed by atoms with Crippen LogP contribution >= 0.6 is 0 Å². The predicted octanol–water partition coefficient (Wildman–Crippen LogP) is 4.70. The summed E-state index contributed by atoms with van der Waals surface area (Å²) in [4.78, 5) is 60.8. The lowest BCUT2D eigenvalue weighted by Crippen LogP contribution is -2.63. The lowest BCUT2D eigenvalue weighted by molar-refractivity contribution is -0.321. The van der Waals surface area contributed by atoms with Gasteiger partial charge >= 0.3 is 23.9 Å². The number of hydrogen-bond donors (Lipinski definition) is 0. The highest BCUT2D eigenvalue weighted by Gasteiger charge is 2.61. The lowest BCUT2D eigenvalue weighted by Gasteiger charge is -2.61. The Kier molecular flexibility index (Phi) is 10.2. The molecule has 0 aromatic rings. The minimum absolute atomic E-state index is 0.117. The van der Waals surface area contributed by atoms with Crippen molar-refractivity contribution in [1.29, 1.82) is 0 Å². The third kappa shape index (κ3) is 6.73. The third-order valence-electron chi connectivity index (χ3n) is 12.4. The average Bonchev–Trinajstić information content (AvgIpc) is 3.32. The molecular formula is C35H52O11. The van der Waals surface area contributed by atoms with Crippen molar-refractivity contribution >= 4 is 29.7 Å². The van der Waals surface area contributed by atoms with E-state index in [1.165, 1.54) is 27.7 Å². The second-order valence-electron chi connectivity index (χ2n) is 15.0. The fourth-order valence-electron chi connectivity index (χ4n) is 10.5. The van der Waals surface area contributed by atoms with Gasteiger partial charge in [-0.15, -0.1) is 0 Å². The molecule has 0 aromatic heterocycles. The molecule has 0 amide bonds. The van der Waals surface area contributed by atoms with Crippen LogP contribution in [-0.2, 0) is 52.4 Å². The van der Waals surface area contributed by atoms with Gasteiger partial charge in [0.2, 0.25) is 0 Å². The zero-order valence-corrected chi connectivity index (χ0v) is 28.4. The number of ketones is 1. The Morgan fingerprint density at radius 3 is 1.91 bits per heavy atom. The van der Waals surface area contributed by atoms with Crippen molar-refractivity contribution < 1.29 is 52.4 Å². The Hall–Kier alpha value is -2.53. The number of rotatable bonds is 8. The first-order valence-corrected chi connectivity index (χ1v) is 17.1. The molecule has 5 rings (SSSR count). The maximum atomic E-state index is 12.5. The van der Waals surface area contributed by atoms with Crippen LogP contribution in [0.25, 0.3) is 0 Å². The Bertz CT molecular complexity index is 1200. The van der Waals surface area contributed by atoms with Crippen LogP contribution in [0.1, 0.15) is 106 Å². The molecule has 11 heteroatoms. The summed E-state index contributed by atoms with van der Waals surface area (Å²) in [6.45, 7) is 11.2. The molecule has 5 aliphatic rings. The molecule has 46 heavy (non-hydrogen) atoms. The summed E-state index contributed by atoms with van der Waals surface area (Å²) in [6, 6.07) is 0. The summed E-state index contributed by atoms with van der Waals surface area (Å²) >= 11 is 0. The predicted molar refractivity (Wildman–Crippen MR) is 163 cm³/mol. The summed E-state index contributed by atoms with van der Waals surface area (Å²) in [5.41, 5.74) is 0.283. The van der Waals surface area contributed by atoms with E-state index in [-0.39, 0.29) is 29.5 Å². The number of ether oxygens (including phenoxy) is 6. The van der Waals surface area contributed by atoms with E-state index in [9.17, 15) is 24.0 Å². The van der Waals surface area contributed by atoms with Gasteiger partial charge < -0.3 is 28.4 Å². The first-order valence-electron chi connectivity index (χ1n) is 17.1. The van der Waals surface area contributed by atoms with Gasteiger partial charge in [0.25, 0.3) is 0 Å². The summed E-state index contributed by atoms with van der Waals surface area (Å²) in [5, 5.41) is 0. The molecule has 4 saturated carbocycles. The zero-order chi connectivity index (χ0) is 33.6. The van der Waals surface area contributed by atoms with E-state index < -0.39 is 54.6 Å². The molecule has 1 heterocycles. The minimum Gasteiger partial charge on any atom is -0.463 e. The smallest absolute Gasteiger partial charge is 0.303 e. The van der Waals surface area contributed by atoms with Crippen molar-refractivity contribution in [3.05, 3.63) is 0 Å². The standard InChI is InChI=1S/C35H52O11/c1-18(36)26-10-11-27-25-9-8-23-16-24(12-14-34(23,6)28(25)13-15-35(26,27)7)45-33-32(44-22(5)40)31(43-21(4)39)30(42-20(3)38)29(46-33)17-41-19(2)37/h23-33H,8-17H2,1-7H3/t23-,24-,25-,26+,27-,28-,29+,30+,31-,32+,33+,34-,35+/m0/s1. The van der Waals surface area contributed by atoms with Gasteiger partial charge in [0.05, 0.1) is 6.10 Å². The fraction of sp³-hybridized carbons (Fsp3) is 0.857. The highest BCUT2D eigenvalue weighted by molar-refractivity contribution is 5.79. The van der Waals surface area contributed by atoms with E-state index in [0.717, 1.165) is 57.8 Å². The van der Waals surface area contributed by atoms with Crippen LogP contribution in [0.4, 0.5) is 0 Å². The average molecular weight is 649 g/mol. The zero-order valence-electron chi connectivity index (χ0n) is 28.4. The van der Waals surface area contributed by atoms with Crippen molar-refractivity contribution in [2.45, 2.75) is 143 Å². The summed E-state index contributed by atoms with van der Waals surface area (Å²) in [7, 11) is 0. The van der Waals surface area contributed by atoms with Gasteiger partial charge in [-0.2, -0.15) is 0 Å². The molecule has 4 aliphatic carbocycles. The molecule has 0 unspecified atom stereocenters. The Morgan fingerprint density at radius 1 is 0.674 bits per heavy atom. The summed E-state index contributed by atoms with van der Waals surface area (Å²) in [6.07, 6.45) is 3.20. The monoisotopic (exact) mass is 648 g/mol. The second-order valence-corrected chi connectivity index (χ2v) is 15.0. The first kappa shape index (κ1) is 34.8. The molecular weight excluding hydrogens is 596 g/mol. The van der Waals surface area contributed by atoms with Crippen LogP contribution in [0.5, 0.6) is 0 Å². The van der Waals surface area contributed by atoms with E-state index in [1.807, 2.05) is 0 Å². The molecule has 1 aliphatic heterocycles. The summed E-state index contributed by atoms with van der Waals surface area (Å²) < 4.78 is 34.8. The fourth-order valence-corrected chi connectivity index (χ4v) is 10.5. The van der Waals surface area contributed by atoms with E-state index in [1.54, 1.807) is 6.92 Å². The van der Waals surface area contributed by atoms with Crippen molar-refractivity contribution in [1.82, 2.24) is 0 Å². The Morgan fingerprint density at radius 2 is 1.28 bits per heavy atom. The van der Waals surface area contributed by atoms with Crippen LogP contribution in [-0.4, -0.2) is 73.1 Å². The highest BCUT2D eigenvalue weighted by atomic mass is 16.7. The molecule has 13 atom stereocenters. The van der Waals surface area contributed by atoms with Crippen molar-refractivity contribution in [2.24, 2.45) is 40.4 Å². The van der Waals surface area contributed by atoms with Gasteiger partial charge in [0.15, 0.2) is 24.6 Å². The number of carbonyl (C=O) groups is 5. The largest absolute Gasteiger partial charge is 0.463 e. The van der Waals surface area contributed by atoms with E-state index in [4.69, 9.17) is 28.4 Å². The van der Waals surface area contributed by atoms with E-state index in [0.29, 0.717) is 29.5 Å². The quantitative estimate of drug-likeness (QED) is 0.205. The van der Waals surface area contributed by atoms with E-state index >= 15 is 0 Å². The minimum atomic E-state index is -1.24. The molecule has 5 fully saturated rings. The van der Waals surface area contributed by atoms with Gasteiger partial charge in [-0.3, -0.25) is 24.0 Å². The molecule has 0 N–H and O–H groups in total. The molecule has 1 saturated heterocycles. The first-order chi connectivity index (χ1) is 21.6. The molecule has 258 valence electrons. The van der Waals surface area contributed by atoms with Crippen molar-refractivity contribution in [3.8, 4) is 0 Å². The third-order valence-corrected chi connectivity index (χ3v) is 12.4. The Labute approximate surface area is 272 Å². The van der Waals surface area contributed by atoms with Crippen LogP contribution in [0.3, 0.4) is 0 Å². The van der Waals surface area contributed by atoms with Gasteiger partial charge in [-0.05, 0) is 99.2 Å². The Balaban J connectivity index is 1.34. The van der Waals surface area contributed by atoms with Gasteiger partial charge in [0.1, 0.15) is 18.5 Å².